The van der Waals surface area contributed by atoms with E-state index in [4.69, 9.17) is 5.10 Å². The van der Waals surface area contributed by atoms with Gasteiger partial charge >= 0.3 is 0 Å². The van der Waals surface area contributed by atoms with Gasteiger partial charge in [0.25, 0.3) is 0 Å². The number of likely N-dealkylation sites (N-methyl/N-ethyl adjacent to an activating group) is 1. The summed E-state index contributed by atoms with van der Waals surface area (Å²) in [5.41, 5.74) is 2.53. The van der Waals surface area contributed by atoms with Gasteiger partial charge in [-0.05, 0) is 39.8 Å². The Hall–Kier alpha value is -0.830. The number of nitrogens with zero attached hydrogens (tertiary/aromatic N) is 2. The highest BCUT2D eigenvalue weighted by molar-refractivity contribution is 5.15. The third kappa shape index (κ3) is 3.08. The summed E-state index contributed by atoms with van der Waals surface area (Å²) in [6.45, 7) is 11.0. The zero-order valence-electron chi connectivity index (χ0n) is 11.4. The van der Waals surface area contributed by atoms with Crippen LogP contribution in [0.4, 0.5) is 0 Å². The van der Waals surface area contributed by atoms with Crippen molar-refractivity contribution in [2.45, 2.75) is 59.0 Å². The first-order chi connectivity index (χ1) is 7.45. The molecule has 0 amide bonds. The van der Waals surface area contributed by atoms with Crippen LogP contribution in [0.15, 0.2) is 6.07 Å². The molecule has 0 aliphatic heterocycles. The number of hydrogen-bond acceptors (Lipinski definition) is 2. The summed E-state index contributed by atoms with van der Waals surface area (Å²) in [4.78, 5) is 0. The summed E-state index contributed by atoms with van der Waals surface area (Å²) in [5, 5.41) is 7.95. The second-order valence-corrected chi connectivity index (χ2v) is 5.15. The quantitative estimate of drug-likeness (QED) is 0.832. The molecular weight excluding hydrogens is 198 g/mol. The average molecular weight is 223 g/mol. The predicted molar refractivity (Wildman–Crippen MR) is 68.9 cm³/mol. The van der Waals surface area contributed by atoms with E-state index in [2.05, 4.69) is 50.7 Å². The lowest BCUT2D eigenvalue weighted by molar-refractivity contribution is 0.489. The smallest absolute Gasteiger partial charge is 0.0643 e. The number of rotatable bonds is 5. The maximum absolute atomic E-state index is 4.70. The van der Waals surface area contributed by atoms with E-state index < -0.39 is 0 Å². The van der Waals surface area contributed by atoms with Crippen LogP contribution in [0.2, 0.25) is 0 Å². The molecule has 0 saturated carbocycles. The molecule has 0 radical (unpaired) electrons. The molecule has 0 aliphatic carbocycles. The normalized spacial score (nSPS) is 13.8. The Labute approximate surface area is 99.2 Å². The summed E-state index contributed by atoms with van der Waals surface area (Å²) in [6.07, 6.45) is 0.996. The van der Waals surface area contributed by atoms with Crippen molar-refractivity contribution >= 4 is 0 Å². The molecule has 1 N–H and O–H groups in total. The minimum atomic E-state index is 0.441. The van der Waals surface area contributed by atoms with E-state index in [9.17, 15) is 0 Å². The molecule has 1 unspecified atom stereocenters. The third-order valence-corrected chi connectivity index (χ3v) is 2.90. The van der Waals surface area contributed by atoms with E-state index in [-0.39, 0.29) is 0 Å². The minimum absolute atomic E-state index is 0.441. The molecule has 16 heavy (non-hydrogen) atoms. The van der Waals surface area contributed by atoms with Gasteiger partial charge < -0.3 is 5.32 Å². The van der Waals surface area contributed by atoms with Gasteiger partial charge in [0, 0.05) is 24.2 Å². The number of nitrogens with one attached hydrogen (secondary N) is 1. The van der Waals surface area contributed by atoms with Crippen LogP contribution in [-0.4, -0.2) is 22.9 Å². The standard InChI is InChI=1S/C13H25N3/c1-9(2)13-8-12(7-11(5)14-6)15-16(13)10(3)4/h8-11,14H,7H2,1-6H3. The van der Waals surface area contributed by atoms with Crippen LogP contribution in [0.25, 0.3) is 0 Å². The largest absolute Gasteiger partial charge is 0.317 e. The average Bonchev–Trinajstić information content (AvgIpc) is 2.61. The van der Waals surface area contributed by atoms with Gasteiger partial charge in [0.2, 0.25) is 0 Å². The Morgan fingerprint density at radius 2 is 1.88 bits per heavy atom. The van der Waals surface area contributed by atoms with Crippen molar-refractivity contribution in [2.24, 2.45) is 0 Å². The van der Waals surface area contributed by atoms with Gasteiger partial charge in [-0.25, -0.2) is 0 Å². The second kappa shape index (κ2) is 5.48. The third-order valence-electron chi connectivity index (χ3n) is 2.90. The van der Waals surface area contributed by atoms with Crippen molar-refractivity contribution in [3.63, 3.8) is 0 Å². The monoisotopic (exact) mass is 223 g/mol. The van der Waals surface area contributed by atoms with Crippen LogP contribution in [0.5, 0.6) is 0 Å². The summed E-state index contributed by atoms with van der Waals surface area (Å²) in [5.74, 6) is 0.536. The number of aromatic nitrogens is 2. The zero-order chi connectivity index (χ0) is 12.3. The van der Waals surface area contributed by atoms with Gasteiger partial charge in [-0.2, -0.15) is 5.10 Å². The van der Waals surface area contributed by atoms with Crippen molar-refractivity contribution in [2.75, 3.05) is 7.05 Å². The lowest BCUT2D eigenvalue weighted by Gasteiger charge is -2.12. The SMILES string of the molecule is CNC(C)Cc1cc(C(C)C)n(C(C)C)n1. The summed E-state index contributed by atoms with van der Waals surface area (Å²) in [6, 6.07) is 3.17. The first-order valence-electron chi connectivity index (χ1n) is 6.21. The van der Waals surface area contributed by atoms with Crippen LogP contribution >= 0.6 is 0 Å². The Bertz CT molecular complexity index is 300. The van der Waals surface area contributed by atoms with Gasteiger partial charge in [0.05, 0.1) is 5.69 Å². The molecular formula is C13H25N3. The molecule has 0 fully saturated rings. The highest BCUT2D eigenvalue weighted by Gasteiger charge is 2.14. The highest BCUT2D eigenvalue weighted by atomic mass is 15.3. The molecule has 0 spiro atoms. The molecule has 0 aromatic carbocycles. The summed E-state index contributed by atoms with van der Waals surface area (Å²) >= 11 is 0. The second-order valence-electron chi connectivity index (χ2n) is 5.15. The van der Waals surface area contributed by atoms with E-state index in [1.807, 2.05) is 7.05 Å². The Morgan fingerprint density at radius 3 is 2.25 bits per heavy atom. The first-order valence-corrected chi connectivity index (χ1v) is 6.21. The Balaban J connectivity index is 2.93. The summed E-state index contributed by atoms with van der Waals surface area (Å²) < 4.78 is 2.16. The van der Waals surface area contributed by atoms with E-state index in [1.54, 1.807) is 0 Å². The van der Waals surface area contributed by atoms with Crippen LogP contribution in [0.1, 0.15) is 58.0 Å². The van der Waals surface area contributed by atoms with Gasteiger partial charge in [-0.1, -0.05) is 13.8 Å². The molecule has 0 saturated heterocycles. The molecule has 92 valence electrons. The van der Waals surface area contributed by atoms with E-state index in [0.29, 0.717) is 18.0 Å². The fourth-order valence-corrected chi connectivity index (χ4v) is 1.82. The van der Waals surface area contributed by atoms with Crippen molar-refractivity contribution < 1.29 is 0 Å². The van der Waals surface area contributed by atoms with Crippen molar-refractivity contribution in [1.82, 2.24) is 15.1 Å². The van der Waals surface area contributed by atoms with Crippen molar-refractivity contribution in [3.05, 3.63) is 17.5 Å². The van der Waals surface area contributed by atoms with Gasteiger partial charge in [0.15, 0.2) is 0 Å². The minimum Gasteiger partial charge on any atom is -0.317 e. The summed E-state index contributed by atoms with van der Waals surface area (Å²) in [7, 11) is 1.99. The molecule has 3 heteroatoms. The molecule has 1 heterocycles. The topological polar surface area (TPSA) is 29.9 Å². The van der Waals surface area contributed by atoms with Gasteiger partial charge in [0.1, 0.15) is 0 Å². The Kier molecular flexibility index (Phi) is 4.54. The Morgan fingerprint density at radius 1 is 1.25 bits per heavy atom. The molecule has 1 rings (SSSR count). The van der Waals surface area contributed by atoms with E-state index >= 15 is 0 Å². The zero-order valence-corrected chi connectivity index (χ0v) is 11.4. The molecule has 1 atom stereocenters. The van der Waals surface area contributed by atoms with Crippen LogP contribution in [0.3, 0.4) is 0 Å². The number of hydrogen-bond donors (Lipinski definition) is 1. The first kappa shape index (κ1) is 13.2. The predicted octanol–water partition coefficient (Wildman–Crippen LogP) is 2.74. The van der Waals surface area contributed by atoms with Crippen LogP contribution in [-0.2, 0) is 6.42 Å². The molecule has 0 bridgehead atoms. The van der Waals surface area contributed by atoms with Crippen LogP contribution in [0, 0.1) is 0 Å². The van der Waals surface area contributed by atoms with E-state index in [0.717, 1.165) is 6.42 Å². The van der Waals surface area contributed by atoms with Crippen LogP contribution < -0.4 is 5.32 Å². The van der Waals surface area contributed by atoms with Gasteiger partial charge in [-0.15, -0.1) is 0 Å². The van der Waals surface area contributed by atoms with Crippen molar-refractivity contribution in [1.29, 1.82) is 0 Å². The lowest BCUT2D eigenvalue weighted by atomic mass is 10.1. The maximum Gasteiger partial charge on any atom is 0.0643 e. The molecule has 1 aromatic rings. The van der Waals surface area contributed by atoms with Gasteiger partial charge in [-0.3, -0.25) is 4.68 Å². The van der Waals surface area contributed by atoms with Crippen molar-refractivity contribution in [3.8, 4) is 0 Å². The van der Waals surface area contributed by atoms with E-state index in [1.165, 1.54) is 11.4 Å². The molecule has 0 aliphatic rings. The fraction of sp³-hybridized carbons (Fsp3) is 0.769. The maximum atomic E-state index is 4.70. The fourth-order valence-electron chi connectivity index (χ4n) is 1.82. The molecule has 3 nitrogen and oxygen atoms in total. The molecule has 1 aromatic heterocycles. The lowest BCUT2D eigenvalue weighted by Crippen LogP contribution is -2.23. The highest BCUT2D eigenvalue weighted by Crippen LogP contribution is 2.20.